The summed E-state index contributed by atoms with van der Waals surface area (Å²) in [5, 5.41) is 16.9. The molecule has 0 saturated heterocycles. The standard InChI is InChI=1S/C10H18ClN3O/c1-3-8-10(11)9(7-12-5-6-15)14(4-2)13-8/h12,15H,3-7H2,1-2H3. The Morgan fingerprint density at radius 2 is 2.20 bits per heavy atom. The molecule has 15 heavy (non-hydrogen) atoms. The van der Waals surface area contributed by atoms with Gasteiger partial charge < -0.3 is 10.4 Å². The van der Waals surface area contributed by atoms with Crippen molar-refractivity contribution in [2.75, 3.05) is 13.2 Å². The molecule has 0 aromatic carbocycles. The Morgan fingerprint density at radius 1 is 1.47 bits per heavy atom. The first-order valence-corrected chi connectivity index (χ1v) is 5.68. The molecule has 1 aromatic rings. The van der Waals surface area contributed by atoms with Crippen molar-refractivity contribution in [1.82, 2.24) is 15.1 Å². The van der Waals surface area contributed by atoms with Crippen LogP contribution in [0.4, 0.5) is 0 Å². The maximum Gasteiger partial charge on any atom is 0.0863 e. The van der Waals surface area contributed by atoms with Crippen molar-refractivity contribution in [3.8, 4) is 0 Å². The van der Waals surface area contributed by atoms with E-state index in [1.165, 1.54) is 0 Å². The fraction of sp³-hybridized carbons (Fsp3) is 0.700. The lowest BCUT2D eigenvalue weighted by molar-refractivity contribution is 0.291. The summed E-state index contributed by atoms with van der Waals surface area (Å²) in [5.74, 6) is 0. The Hall–Kier alpha value is -0.580. The number of aliphatic hydroxyl groups is 1. The van der Waals surface area contributed by atoms with E-state index in [2.05, 4.69) is 10.4 Å². The molecular weight excluding hydrogens is 214 g/mol. The third-order valence-electron chi connectivity index (χ3n) is 2.28. The van der Waals surface area contributed by atoms with Crippen molar-refractivity contribution in [3.63, 3.8) is 0 Å². The highest BCUT2D eigenvalue weighted by Gasteiger charge is 2.13. The molecule has 0 radical (unpaired) electrons. The van der Waals surface area contributed by atoms with Gasteiger partial charge in [0.25, 0.3) is 0 Å². The van der Waals surface area contributed by atoms with Gasteiger partial charge in [0.2, 0.25) is 0 Å². The molecule has 1 heterocycles. The van der Waals surface area contributed by atoms with Gasteiger partial charge in [0, 0.05) is 19.6 Å². The predicted octanol–water partition coefficient (Wildman–Crippen LogP) is 1.20. The summed E-state index contributed by atoms with van der Waals surface area (Å²) in [4.78, 5) is 0. The molecule has 4 nitrogen and oxygen atoms in total. The van der Waals surface area contributed by atoms with Crippen LogP contribution in [0.2, 0.25) is 5.02 Å². The number of hydrogen-bond acceptors (Lipinski definition) is 3. The van der Waals surface area contributed by atoms with Crippen LogP contribution < -0.4 is 5.32 Å². The molecule has 0 bridgehead atoms. The lowest BCUT2D eigenvalue weighted by atomic mass is 10.3. The zero-order valence-corrected chi connectivity index (χ0v) is 10.0. The third kappa shape index (κ3) is 2.93. The van der Waals surface area contributed by atoms with Crippen LogP contribution in [0.3, 0.4) is 0 Å². The number of aromatic nitrogens is 2. The summed E-state index contributed by atoms with van der Waals surface area (Å²) in [6, 6.07) is 0. The average Bonchev–Trinajstić information content (AvgIpc) is 2.56. The molecule has 0 atom stereocenters. The van der Waals surface area contributed by atoms with Crippen LogP contribution in [0.1, 0.15) is 25.2 Å². The Morgan fingerprint density at radius 3 is 2.73 bits per heavy atom. The van der Waals surface area contributed by atoms with E-state index in [4.69, 9.17) is 16.7 Å². The minimum Gasteiger partial charge on any atom is -0.395 e. The Kier molecular flexibility index (Phi) is 5.08. The van der Waals surface area contributed by atoms with Crippen LogP contribution in [-0.4, -0.2) is 28.0 Å². The van der Waals surface area contributed by atoms with Crippen molar-refractivity contribution in [3.05, 3.63) is 16.4 Å². The van der Waals surface area contributed by atoms with Gasteiger partial charge in [-0.25, -0.2) is 0 Å². The minimum absolute atomic E-state index is 0.137. The van der Waals surface area contributed by atoms with E-state index in [9.17, 15) is 0 Å². The number of hydrogen-bond donors (Lipinski definition) is 2. The number of rotatable bonds is 6. The first-order chi connectivity index (χ1) is 7.24. The van der Waals surface area contributed by atoms with E-state index < -0.39 is 0 Å². The van der Waals surface area contributed by atoms with Gasteiger partial charge in [-0.3, -0.25) is 4.68 Å². The lowest BCUT2D eigenvalue weighted by Crippen LogP contribution is -2.20. The summed E-state index contributed by atoms with van der Waals surface area (Å²) < 4.78 is 1.91. The average molecular weight is 232 g/mol. The molecule has 0 saturated carbocycles. The molecule has 0 amide bonds. The number of halogens is 1. The Bertz CT molecular complexity index is 312. The summed E-state index contributed by atoms with van der Waals surface area (Å²) >= 11 is 6.20. The quantitative estimate of drug-likeness (QED) is 0.724. The van der Waals surface area contributed by atoms with Gasteiger partial charge in [0.1, 0.15) is 0 Å². The molecule has 0 spiro atoms. The highest BCUT2D eigenvalue weighted by Crippen LogP contribution is 2.21. The van der Waals surface area contributed by atoms with Gasteiger partial charge in [-0.05, 0) is 13.3 Å². The van der Waals surface area contributed by atoms with E-state index in [-0.39, 0.29) is 6.61 Å². The molecule has 0 unspecified atom stereocenters. The number of nitrogens with zero attached hydrogens (tertiary/aromatic N) is 2. The van der Waals surface area contributed by atoms with Gasteiger partial charge in [-0.2, -0.15) is 5.10 Å². The van der Waals surface area contributed by atoms with Crippen LogP contribution >= 0.6 is 11.6 Å². The second kappa shape index (κ2) is 6.10. The second-order valence-electron chi connectivity index (χ2n) is 3.28. The van der Waals surface area contributed by atoms with Crippen LogP contribution in [0.15, 0.2) is 0 Å². The van der Waals surface area contributed by atoms with Gasteiger partial charge in [0.05, 0.1) is 23.0 Å². The maximum absolute atomic E-state index is 8.67. The Labute approximate surface area is 95.2 Å². The van der Waals surface area contributed by atoms with E-state index in [1.807, 2.05) is 18.5 Å². The van der Waals surface area contributed by atoms with E-state index in [0.29, 0.717) is 13.1 Å². The first kappa shape index (κ1) is 12.5. The monoisotopic (exact) mass is 231 g/mol. The van der Waals surface area contributed by atoms with Crippen molar-refractivity contribution in [2.24, 2.45) is 0 Å². The molecular formula is C10H18ClN3O. The zero-order chi connectivity index (χ0) is 11.3. The van der Waals surface area contributed by atoms with E-state index >= 15 is 0 Å². The summed E-state index contributed by atoms with van der Waals surface area (Å²) in [5.41, 5.74) is 1.95. The number of aryl methyl sites for hydroxylation is 2. The smallest absolute Gasteiger partial charge is 0.0863 e. The molecule has 0 aliphatic heterocycles. The molecule has 1 rings (SSSR count). The molecule has 2 N–H and O–H groups in total. The third-order valence-corrected chi connectivity index (χ3v) is 2.71. The summed E-state index contributed by atoms with van der Waals surface area (Å²) in [6.07, 6.45) is 0.846. The van der Waals surface area contributed by atoms with Gasteiger partial charge in [-0.15, -0.1) is 0 Å². The fourth-order valence-electron chi connectivity index (χ4n) is 1.47. The van der Waals surface area contributed by atoms with Gasteiger partial charge >= 0.3 is 0 Å². The van der Waals surface area contributed by atoms with Crippen molar-refractivity contribution < 1.29 is 5.11 Å². The molecule has 0 aliphatic rings. The van der Waals surface area contributed by atoms with Crippen molar-refractivity contribution >= 4 is 11.6 Å². The van der Waals surface area contributed by atoms with Crippen molar-refractivity contribution in [1.29, 1.82) is 0 Å². The van der Waals surface area contributed by atoms with Gasteiger partial charge in [-0.1, -0.05) is 18.5 Å². The molecule has 86 valence electrons. The molecule has 0 aliphatic carbocycles. The fourth-order valence-corrected chi connectivity index (χ4v) is 1.81. The normalized spacial score (nSPS) is 10.9. The summed E-state index contributed by atoms with van der Waals surface area (Å²) in [7, 11) is 0. The maximum atomic E-state index is 8.67. The van der Waals surface area contributed by atoms with Crippen LogP contribution in [0, 0.1) is 0 Å². The van der Waals surface area contributed by atoms with E-state index in [0.717, 1.165) is 29.4 Å². The van der Waals surface area contributed by atoms with Crippen molar-refractivity contribution in [2.45, 2.75) is 33.4 Å². The molecule has 1 aromatic heterocycles. The van der Waals surface area contributed by atoms with Gasteiger partial charge in [0.15, 0.2) is 0 Å². The SMILES string of the molecule is CCc1nn(CC)c(CNCCO)c1Cl. The summed E-state index contributed by atoms with van der Waals surface area (Å²) in [6.45, 7) is 6.26. The predicted molar refractivity (Wildman–Crippen MR) is 61.1 cm³/mol. The first-order valence-electron chi connectivity index (χ1n) is 5.30. The largest absolute Gasteiger partial charge is 0.395 e. The van der Waals surface area contributed by atoms with Crippen LogP contribution in [-0.2, 0) is 19.5 Å². The van der Waals surface area contributed by atoms with Crippen LogP contribution in [0.5, 0.6) is 0 Å². The highest BCUT2D eigenvalue weighted by molar-refractivity contribution is 6.31. The van der Waals surface area contributed by atoms with Crippen LogP contribution in [0.25, 0.3) is 0 Å². The zero-order valence-electron chi connectivity index (χ0n) is 9.26. The second-order valence-corrected chi connectivity index (χ2v) is 3.66. The number of nitrogens with one attached hydrogen (secondary N) is 1. The molecule has 5 heteroatoms. The van der Waals surface area contributed by atoms with E-state index in [1.54, 1.807) is 0 Å². The highest BCUT2D eigenvalue weighted by atomic mass is 35.5. The lowest BCUT2D eigenvalue weighted by Gasteiger charge is -2.05. The number of aliphatic hydroxyl groups excluding tert-OH is 1. The minimum atomic E-state index is 0.137. The topological polar surface area (TPSA) is 50.1 Å². The molecule has 0 fully saturated rings. The Balaban J connectivity index is 2.78.